The summed E-state index contributed by atoms with van der Waals surface area (Å²) in [6, 6.07) is 24.4. The van der Waals surface area contributed by atoms with Crippen LogP contribution in [0.25, 0.3) is 0 Å². The van der Waals surface area contributed by atoms with Gasteiger partial charge in [-0.2, -0.15) is 4.31 Å². The monoisotopic (exact) mass is 495 g/mol. The average molecular weight is 496 g/mol. The van der Waals surface area contributed by atoms with Gasteiger partial charge in [-0.15, -0.1) is 0 Å². The Hall–Kier alpha value is -3.07. The zero-order valence-electron chi connectivity index (χ0n) is 19.5. The van der Waals surface area contributed by atoms with Gasteiger partial charge in [-0.1, -0.05) is 60.7 Å². The van der Waals surface area contributed by atoms with Crippen molar-refractivity contribution in [1.82, 2.24) is 14.5 Å². The molecule has 184 valence electrons. The van der Waals surface area contributed by atoms with Crippen molar-refractivity contribution < 1.29 is 17.6 Å². The molecule has 35 heavy (non-hydrogen) atoms. The summed E-state index contributed by atoms with van der Waals surface area (Å²) in [4.78, 5) is 15.1. The van der Waals surface area contributed by atoms with Crippen LogP contribution in [-0.4, -0.2) is 56.3 Å². The number of halogens is 1. The zero-order chi connectivity index (χ0) is 24.7. The lowest BCUT2D eigenvalue weighted by molar-refractivity contribution is -0.121. The van der Waals surface area contributed by atoms with Gasteiger partial charge in [-0.3, -0.25) is 4.79 Å². The molecule has 0 spiro atoms. The van der Waals surface area contributed by atoms with E-state index in [1.165, 1.54) is 16.4 Å². The third-order valence-corrected chi connectivity index (χ3v) is 8.14. The van der Waals surface area contributed by atoms with Crippen LogP contribution in [0.15, 0.2) is 89.8 Å². The first-order valence-electron chi connectivity index (χ1n) is 11.8. The number of nitrogens with one attached hydrogen (secondary N) is 1. The Balaban J connectivity index is 1.34. The molecule has 6 nitrogen and oxygen atoms in total. The Bertz CT molecular complexity index is 1170. The average Bonchev–Trinajstić information content (AvgIpc) is 3.14. The summed E-state index contributed by atoms with van der Waals surface area (Å²) in [7, 11) is -3.67. The number of sulfonamides is 1. The lowest BCUT2D eigenvalue weighted by Crippen LogP contribution is -2.37. The molecular formula is C27H30FN3O3S. The maximum Gasteiger partial charge on any atom is 0.243 e. The molecule has 8 heteroatoms. The van der Waals surface area contributed by atoms with Crippen molar-refractivity contribution in [3.63, 3.8) is 0 Å². The lowest BCUT2D eigenvalue weighted by atomic mass is 9.98. The Morgan fingerprint density at radius 1 is 0.829 bits per heavy atom. The molecule has 0 atom stereocenters. The van der Waals surface area contributed by atoms with Crippen LogP contribution < -0.4 is 5.32 Å². The number of amides is 1. The molecule has 4 rings (SSSR count). The lowest BCUT2D eigenvalue weighted by Gasteiger charge is -2.23. The molecule has 1 aliphatic rings. The number of benzene rings is 3. The molecule has 0 bridgehead atoms. The second-order valence-electron chi connectivity index (χ2n) is 8.63. The Kier molecular flexibility index (Phi) is 8.28. The third kappa shape index (κ3) is 6.54. The molecule has 0 radical (unpaired) electrons. The normalized spacial score (nSPS) is 15.6. The SMILES string of the molecule is O=C(CCN1CCCN(S(=O)(=O)c2ccc(F)cc2)CC1)NC(c1ccccc1)c1ccccc1. The summed E-state index contributed by atoms with van der Waals surface area (Å²) >= 11 is 0. The third-order valence-electron chi connectivity index (χ3n) is 6.23. The van der Waals surface area contributed by atoms with E-state index in [0.29, 0.717) is 45.6 Å². The summed E-state index contributed by atoms with van der Waals surface area (Å²) in [5.74, 6) is -0.520. The smallest absolute Gasteiger partial charge is 0.243 e. The molecular weight excluding hydrogens is 465 g/mol. The molecule has 1 amide bonds. The molecule has 0 saturated carbocycles. The standard InChI is InChI=1S/C27H30FN3O3S/c28-24-12-14-25(15-13-24)35(33,34)31-18-7-17-30(20-21-31)19-16-26(32)29-27(22-8-3-1-4-9-22)23-10-5-2-6-11-23/h1-6,8-15,27H,7,16-21H2,(H,29,32). The predicted octanol–water partition coefficient (Wildman–Crippen LogP) is 3.82. The molecule has 1 fully saturated rings. The van der Waals surface area contributed by atoms with Crippen LogP contribution in [0.2, 0.25) is 0 Å². The Morgan fingerprint density at radius 3 is 2.03 bits per heavy atom. The van der Waals surface area contributed by atoms with Crippen molar-refractivity contribution >= 4 is 15.9 Å². The van der Waals surface area contributed by atoms with Crippen LogP contribution in [0.5, 0.6) is 0 Å². The maximum atomic E-state index is 13.2. The van der Waals surface area contributed by atoms with Gasteiger partial charge in [0.15, 0.2) is 0 Å². The van der Waals surface area contributed by atoms with Crippen LogP contribution >= 0.6 is 0 Å². The van der Waals surface area contributed by atoms with Crippen molar-refractivity contribution in [2.45, 2.75) is 23.8 Å². The van der Waals surface area contributed by atoms with Gasteiger partial charge in [0.1, 0.15) is 5.82 Å². The van der Waals surface area contributed by atoms with Gasteiger partial charge in [-0.05, 0) is 48.4 Å². The van der Waals surface area contributed by atoms with Crippen LogP contribution in [0, 0.1) is 5.82 Å². The molecule has 0 aliphatic carbocycles. The van der Waals surface area contributed by atoms with E-state index >= 15 is 0 Å². The summed E-state index contributed by atoms with van der Waals surface area (Å²) in [5, 5.41) is 3.16. The molecule has 1 aliphatic heterocycles. The Labute approximate surface area is 206 Å². The fourth-order valence-corrected chi connectivity index (χ4v) is 5.78. The number of nitrogens with zero attached hydrogens (tertiary/aromatic N) is 2. The molecule has 3 aromatic rings. The van der Waals surface area contributed by atoms with Gasteiger partial charge in [0, 0.05) is 32.6 Å². The van der Waals surface area contributed by atoms with E-state index in [4.69, 9.17) is 0 Å². The minimum atomic E-state index is -3.67. The molecule has 1 saturated heterocycles. The minimum absolute atomic E-state index is 0.0530. The molecule has 3 aromatic carbocycles. The van der Waals surface area contributed by atoms with E-state index in [-0.39, 0.29) is 16.8 Å². The molecule has 0 unspecified atom stereocenters. The van der Waals surface area contributed by atoms with Crippen LogP contribution in [0.4, 0.5) is 4.39 Å². The van der Waals surface area contributed by atoms with Crippen LogP contribution in [-0.2, 0) is 14.8 Å². The van der Waals surface area contributed by atoms with E-state index in [1.807, 2.05) is 60.7 Å². The largest absolute Gasteiger partial charge is 0.345 e. The Morgan fingerprint density at radius 2 is 1.43 bits per heavy atom. The van der Waals surface area contributed by atoms with Gasteiger partial charge in [-0.25, -0.2) is 12.8 Å². The summed E-state index contributed by atoms with van der Waals surface area (Å²) in [6.07, 6.45) is 0.986. The van der Waals surface area contributed by atoms with Gasteiger partial charge in [0.25, 0.3) is 0 Å². The van der Waals surface area contributed by atoms with Gasteiger partial charge in [0.05, 0.1) is 10.9 Å². The number of hydrogen-bond acceptors (Lipinski definition) is 4. The van der Waals surface area contributed by atoms with E-state index in [9.17, 15) is 17.6 Å². The highest BCUT2D eigenvalue weighted by Crippen LogP contribution is 2.22. The quantitative estimate of drug-likeness (QED) is 0.516. The van der Waals surface area contributed by atoms with Crippen molar-refractivity contribution in [2.75, 3.05) is 32.7 Å². The first-order valence-corrected chi connectivity index (χ1v) is 13.2. The number of carbonyl (C=O) groups excluding carboxylic acids is 1. The van der Waals surface area contributed by atoms with Crippen molar-refractivity contribution in [3.8, 4) is 0 Å². The minimum Gasteiger partial charge on any atom is -0.345 e. The fourth-order valence-electron chi connectivity index (χ4n) is 4.31. The van der Waals surface area contributed by atoms with Crippen molar-refractivity contribution in [2.24, 2.45) is 0 Å². The first-order chi connectivity index (χ1) is 16.9. The van der Waals surface area contributed by atoms with Gasteiger partial charge >= 0.3 is 0 Å². The molecule has 0 aromatic heterocycles. The zero-order valence-corrected chi connectivity index (χ0v) is 20.3. The molecule has 1 N–H and O–H groups in total. The number of carbonyl (C=O) groups is 1. The summed E-state index contributed by atoms with van der Waals surface area (Å²) < 4.78 is 40.5. The summed E-state index contributed by atoms with van der Waals surface area (Å²) in [5.41, 5.74) is 2.03. The van der Waals surface area contributed by atoms with E-state index in [0.717, 1.165) is 23.3 Å². The van der Waals surface area contributed by atoms with Crippen LogP contribution in [0.1, 0.15) is 30.0 Å². The first kappa shape index (κ1) is 25.0. The van der Waals surface area contributed by atoms with Crippen molar-refractivity contribution in [1.29, 1.82) is 0 Å². The molecule has 1 heterocycles. The number of rotatable bonds is 8. The second kappa shape index (κ2) is 11.6. The van der Waals surface area contributed by atoms with Gasteiger partial charge in [0.2, 0.25) is 15.9 Å². The van der Waals surface area contributed by atoms with Crippen molar-refractivity contribution in [3.05, 3.63) is 102 Å². The van der Waals surface area contributed by atoms with Crippen LogP contribution in [0.3, 0.4) is 0 Å². The van der Waals surface area contributed by atoms with Gasteiger partial charge < -0.3 is 10.2 Å². The van der Waals surface area contributed by atoms with E-state index in [1.54, 1.807) is 0 Å². The van der Waals surface area contributed by atoms with E-state index < -0.39 is 15.8 Å². The maximum absolute atomic E-state index is 13.2. The fraction of sp³-hybridized carbons (Fsp3) is 0.296. The summed E-state index contributed by atoms with van der Waals surface area (Å²) in [6.45, 7) is 2.52. The topological polar surface area (TPSA) is 69.7 Å². The second-order valence-corrected chi connectivity index (χ2v) is 10.6. The highest BCUT2D eigenvalue weighted by atomic mass is 32.2. The predicted molar refractivity (Wildman–Crippen MR) is 134 cm³/mol. The highest BCUT2D eigenvalue weighted by Gasteiger charge is 2.27. The number of hydrogen-bond donors (Lipinski definition) is 1. The van der Waals surface area contributed by atoms with E-state index in [2.05, 4.69) is 10.2 Å². The highest BCUT2D eigenvalue weighted by molar-refractivity contribution is 7.89.